The number of nitrogens with two attached hydrogens (primary N) is 1. The van der Waals surface area contributed by atoms with Gasteiger partial charge in [-0.25, -0.2) is 9.97 Å². The summed E-state index contributed by atoms with van der Waals surface area (Å²) in [7, 11) is 3.84. The van der Waals surface area contributed by atoms with Crippen LogP contribution in [0.25, 0.3) is 11.1 Å². The van der Waals surface area contributed by atoms with Crippen LogP contribution in [-0.4, -0.2) is 78.4 Å². The average Bonchev–Trinajstić information content (AvgIpc) is 3.27. The summed E-state index contributed by atoms with van der Waals surface area (Å²) in [5.41, 5.74) is 8.70. The Balaban J connectivity index is 1.57. The molecule has 1 aromatic carbocycles. The van der Waals surface area contributed by atoms with Gasteiger partial charge in [0.1, 0.15) is 0 Å². The first-order valence-corrected chi connectivity index (χ1v) is 11.4. The smallest absolute Gasteiger partial charge is 0.248 e. The molecule has 0 spiro atoms. The van der Waals surface area contributed by atoms with Crippen molar-refractivity contribution in [2.75, 3.05) is 51.7 Å². The number of anilines is 1. The molecule has 170 valence electrons. The first-order valence-electron chi connectivity index (χ1n) is 11.4. The molecule has 1 atom stereocenters. The molecule has 0 saturated carbocycles. The molecule has 2 aliphatic rings. The van der Waals surface area contributed by atoms with Crippen molar-refractivity contribution in [2.24, 2.45) is 5.73 Å². The third kappa shape index (κ3) is 4.91. The first kappa shape index (κ1) is 22.2. The second kappa shape index (κ2) is 9.65. The Morgan fingerprint density at radius 1 is 1.16 bits per heavy atom. The molecular formula is C24H32N6O2. The van der Waals surface area contributed by atoms with Crippen molar-refractivity contribution in [1.29, 1.82) is 0 Å². The lowest BCUT2D eigenvalue weighted by Crippen LogP contribution is -2.42. The highest BCUT2D eigenvalue weighted by atomic mass is 16.2. The third-order valence-corrected chi connectivity index (χ3v) is 6.39. The molecule has 2 aliphatic heterocycles. The van der Waals surface area contributed by atoms with Crippen LogP contribution in [0.5, 0.6) is 0 Å². The van der Waals surface area contributed by atoms with E-state index < -0.39 is 5.91 Å². The number of amides is 2. The summed E-state index contributed by atoms with van der Waals surface area (Å²) in [5.74, 6) is 0.620. The predicted octanol–water partition coefficient (Wildman–Crippen LogP) is 2.11. The molecule has 2 N–H and O–H groups in total. The summed E-state index contributed by atoms with van der Waals surface area (Å²) in [4.78, 5) is 40.0. The number of aromatic nitrogens is 2. The molecule has 0 radical (unpaired) electrons. The number of carbonyl (C=O) groups excluding carboxylic acids is 2. The molecule has 2 aromatic rings. The van der Waals surface area contributed by atoms with Gasteiger partial charge in [0.25, 0.3) is 0 Å². The predicted molar refractivity (Wildman–Crippen MR) is 125 cm³/mol. The molecular weight excluding hydrogens is 404 g/mol. The van der Waals surface area contributed by atoms with Crippen LogP contribution >= 0.6 is 0 Å². The van der Waals surface area contributed by atoms with Gasteiger partial charge in [0.05, 0.1) is 12.2 Å². The molecule has 4 rings (SSSR count). The van der Waals surface area contributed by atoms with Gasteiger partial charge >= 0.3 is 0 Å². The summed E-state index contributed by atoms with van der Waals surface area (Å²) >= 11 is 0. The van der Waals surface area contributed by atoms with E-state index in [-0.39, 0.29) is 11.8 Å². The fraction of sp³-hybridized carbons (Fsp3) is 0.500. The fourth-order valence-corrected chi connectivity index (χ4v) is 4.61. The second-order valence-electron chi connectivity index (χ2n) is 8.97. The van der Waals surface area contributed by atoms with Crippen molar-refractivity contribution in [1.82, 2.24) is 19.8 Å². The van der Waals surface area contributed by atoms with Gasteiger partial charge in [-0.3, -0.25) is 14.5 Å². The van der Waals surface area contributed by atoms with Crippen molar-refractivity contribution in [2.45, 2.75) is 31.6 Å². The summed E-state index contributed by atoms with van der Waals surface area (Å²) in [6.07, 6.45) is 6.20. The lowest BCUT2D eigenvalue weighted by molar-refractivity contribution is -0.133. The van der Waals surface area contributed by atoms with Gasteiger partial charge in [-0.1, -0.05) is 12.1 Å². The monoisotopic (exact) mass is 436 g/mol. The number of hydrogen-bond donors (Lipinski definition) is 1. The highest BCUT2D eigenvalue weighted by molar-refractivity contribution is 5.94. The number of hydrogen-bond acceptors (Lipinski definition) is 6. The first-order chi connectivity index (χ1) is 15.4. The molecule has 0 bridgehead atoms. The molecule has 1 unspecified atom stereocenters. The van der Waals surface area contributed by atoms with Gasteiger partial charge < -0.3 is 15.5 Å². The zero-order chi connectivity index (χ0) is 22.7. The normalized spacial score (nSPS) is 19.2. The van der Waals surface area contributed by atoms with Gasteiger partial charge in [-0.2, -0.15) is 0 Å². The maximum absolute atomic E-state index is 12.7. The minimum atomic E-state index is -0.456. The Hall–Kier alpha value is -3.00. The summed E-state index contributed by atoms with van der Waals surface area (Å²) in [6, 6.07) is 7.30. The fourth-order valence-electron chi connectivity index (χ4n) is 4.61. The molecule has 1 aromatic heterocycles. The van der Waals surface area contributed by atoms with Gasteiger partial charge in [0.2, 0.25) is 17.8 Å². The van der Waals surface area contributed by atoms with Gasteiger partial charge in [-0.15, -0.1) is 0 Å². The minimum absolute atomic E-state index is 0.193. The lowest BCUT2D eigenvalue weighted by atomic mass is 9.95. The Labute approximate surface area is 189 Å². The van der Waals surface area contributed by atoms with Crippen molar-refractivity contribution < 1.29 is 9.59 Å². The topological polar surface area (TPSA) is 95.7 Å². The zero-order valence-corrected chi connectivity index (χ0v) is 19.0. The minimum Gasteiger partial charge on any atom is -0.366 e. The molecule has 2 fully saturated rings. The molecule has 8 nitrogen and oxygen atoms in total. The van der Waals surface area contributed by atoms with Crippen LogP contribution in [0.4, 0.5) is 5.95 Å². The van der Waals surface area contributed by atoms with Gasteiger partial charge in [0.15, 0.2) is 0 Å². The molecule has 0 aliphatic carbocycles. The third-order valence-electron chi connectivity index (χ3n) is 6.39. The van der Waals surface area contributed by atoms with E-state index in [9.17, 15) is 9.59 Å². The molecule has 8 heteroatoms. The van der Waals surface area contributed by atoms with Crippen LogP contribution in [0.2, 0.25) is 0 Å². The second-order valence-corrected chi connectivity index (χ2v) is 8.97. The standard InChI is InChI=1S/C24H32N6O2/c1-28(2)24-26-14-20(17-7-6-8-18(13-17)23(25)32)22(27-24)19-9-12-29(15-19)16-21(31)30-10-4-3-5-11-30/h6-8,13-14,19H,3-5,9-12,15-16H2,1-2H3,(H2,25,32). The number of piperidine rings is 1. The quantitative estimate of drug-likeness (QED) is 0.745. The Bertz CT molecular complexity index is 986. The highest BCUT2D eigenvalue weighted by Crippen LogP contribution is 2.34. The van der Waals surface area contributed by atoms with Crippen LogP contribution in [0.15, 0.2) is 30.5 Å². The Morgan fingerprint density at radius 3 is 2.66 bits per heavy atom. The lowest BCUT2D eigenvalue weighted by Gasteiger charge is -2.28. The maximum atomic E-state index is 12.7. The zero-order valence-electron chi connectivity index (χ0n) is 19.0. The van der Waals surface area contributed by atoms with E-state index in [4.69, 9.17) is 10.7 Å². The SMILES string of the molecule is CN(C)c1ncc(-c2cccc(C(N)=O)c2)c(C2CCN(CC(=O)N3CCCCC3)C2)n1. The van der Waals surface area contributed by atoms with Crippen molar-refractivity contribution in [3.8, 4) is 11.1 Å². The molecule has 2 amide bonds. The van der Waals surface area contributed by atoms with E-state index in [1.807, 2.05) is 42.2 Å². The van der Waals surface area contributed by atoms with Crippen LogP contribution < -0.4 is 10.6 Å². The van der Waals surface area contributed by atoms with Crippen molar-refractivity contribution >= 4 is 17.8 Å². The average molecular weight is 437 g/mol. The molecule has 32 heavy (non-hydrogen) atoms. The van der Waals surface area contributed by atoms with E-state index in [0.29, 0.717) is 18.1 Å². The maximum Gasteiger partial charge on any atom is 0.248 e. The number of carbonyl (C=O) groups is 2. The van der Waals surface area contributed by atoms with E-state index in [1.54, 1.807) is 12.1 Å². The summed E-state index contributed by atoms with van der Waals surface area (Å²) in [6.45, 7) is 3.88. The van der Waals surface area contributed by atoms with Crippen LogP contribution in [0.1, 0.15) is 47.7 Å². The molecule has 3 heterocycles. The largest absolute Gasteiger partial charge is 0.366 e. The molecule has 2 saturated heterocycles. The number of nitrogens with zero attached hydrogens (tertiary/aromatic N) is 5. The van der Waals surface area contributed by atoms with Gasteiger partial charge in [0, 0.05) is 57.0 Å². The number of benzene rings is 1. The van der Waals surface area contributed by atoms with Crippen molar-refractivity contribution in [3.05, 3.63) is 41.7 Å². The highest BCUT2D eigenvalue weighted by Gasteiger charge is 2.30. The number of primary amides is 1. The summed E-state index contributed by atoms with van der Waals surface area (Å²) in [5, 5.41) is 0. The van der Waals surface area contributed by atoms with Crippen LogP contribution in [-0.2, 0) is 4.79 Å². The Kier molecular flexibility index (Phi) is 6.69. The van der Waals surface area contributed by atoms with E-state index in [2.05, 4.69) is 9.88 Å². The van der Waals surface area contributed by atoms with Gasteiger partial charge in [-0.05, 0) is 49.9 Å². The van der Waals surface area contributed by atoms with Crippen LogP contribution in [0, 0.1) is 0 Å². The summed E-state index contributed by atoms with van der Waals surface area (Å²) < 4.78 is 0. The Morgan fingerprint density at radius 2 is 1.94 bits per heavy atom. The van der Waals surface area contributed by atoms with E-state index >= 15 is 0 Å². The van der Waals surface area contributed by atoms with E-state index in [1.165, 1.54) is 6.42 Å². The van der Waals surface area contributed by atoms with Crippen LogP contribution in [0.3, 0.4) is 0 Å². The number of likely N-dealkylation sites (tertiary alicyclic amines) is 2. The van der Waals surface area contributed by atoms with Crippen molar-refractivity contribution in [3.63, 3.8) is 0 Å². The van der Waals surface area contributed by atoms with E-state index in [0.717, 1.165) is 62.3 Å². The number of rotatable bonds is 6.